The molecule has 1 aromatic heterocycles. The van der Waals surface area contributed by atoms with Gasteiger partial charge in [-0.05, 0) is 11.6 Å². The lowest BCUT2D eigenvalue weighted by atomic mass is 10.1. The molecular weight excluding hydrogens is 264 g/mol. The maximum Gasteiger partial charge on any atom is 0.222 e. The van der Waals surface area contributed by atoms with Gasteiger partial charge in [0.1, 0.15) is 5.82 Å². The van der Waals surface area contributed by atoms with Gasteiger partial charge in [-0.15, -0.1) is 0 Å². The lowest BCUT2D eigenvalue weighted by Crippen LogP contribution is -2.02. The van der Waals surface area contributed by atoms with E-state index in [-0.39, 0.29) is 17.5 Å². The van der Waals surface area contributed by atoms with Crippen LogP contribution in [0.25, 0.3) is 11.3 Å². The van der Waals surface area contributed by atoms with E-state index in [0.717, 1.165) is 5.56 Å². The summed E-state index contributed by atoms with van der Waals surface area (Å²) in [5.74, 6) is 0.344. The Bertz CT molecular complexity index is 693. The standard InChI is InChI=1S/C12H14N4O2S/c1-19(17,18)7-8-3-2-4-9(5-8)10-6-11(13)16-12(14)15-10/h2-6H,7H2,1H3,(H4,13,14,15,16). The maximum absolute atomic E-state index is 11.3. The molecule has 0 saturated heterocycles. The van der Waals surface area contributed by atoms with Gasteiger partial charge >= 0.3 is 0 Å². The van der Waals surface area contributed by atoms with Crippen LogP contribution in [0.15, 0.2) is 30.3 Å². The molecule has 0 saturated carbocycles. The van der Waals surface area contributed by atoms with Crippen molar-refractivity contribution in [3.05, 3.63) is 35.9 Å². The quantitative estimate of drug-likeness (QED) is 0.860. The Kier molecular flexibility index (Phi) is 3.39. The number of hydrogen-bond acceptors (Lipinski definition) is 6. The van der Waals surface area contributed by atoms with Crippen LogP contribution in [-0.2, 0) is 15.6 Å². The minimum Gasteiger partial charge on any atom is -0.384 e. The van der Waals surface area contributed by atoms with E-state index in [9.17, 15) is 8.42 Å². The monoisotopic (exact) mass is 278 g/mol. The number of benzene rings is 1. The van der Waals surface area contributed by atoms with Crippen molar-refractivity contribution in [1.82, 2.24) is 9.97 Å². The third-order valence-corrected chi connectivity index (χ3v) is 3.27. The molecular formula is C12H14N4O2S. The summed E-state index contributed by atoms with van der Waals surface area (Å²) in [6, 6.07) is 8.67. The van der Waals surface area contributed by atoms with Crippen LogP contribution in [0, 0.1) is 0 Å². The van der Waals surface area contributed by atoms with Gasteiger partial charge in [-0.1, -0.05) is 18.2 Å². The summed E-state index contributed by atoms with van der Waals surface area (Å²) in [7, 11) is -3.07. The zero-order valence-electron chi connectivity index (χ0n) is 10.4. The Morgan fingerprint density at radius 1 is 1.16 bits per heavy atom. The number of sulfone groups is 1. The molecule has 0 atom stereocenters. The summed E-state index contributed by atoms with van der Waals surface area (Å²) in [5.41, 5.74) is 13.2. The lowest BCUT2D eigenvalue weighted by Gasteiger charge is -2.05. The van der Waals surface area contributed by atoms with Crippen molar-refractivity contribution in [2.24, 2.45) is 0 Å². The third kappa shape index (κ3) is 3.65. The molecule has 19 heavy (non-hydrogen) atoms. The number of nitrogen functional groups attached to an aromatic ring is 2. The van der Waals surface area contributed by atoms with Gasteiger partial charge in [0.15, 0.2) is 9.84 Å². The molecule has 0 spiro atoms. The van der Waals surface area contributed by atoms with Crippen molar-refractivity contribution in [3.8, 4) is 11.3 Å². The smallest absolute Gasteiger partial charge is 0.222 e. The Labute approximate surface area is 111 Å². The first kappa shape index (κ1) is 13.3. The Morgan fingerprint density at radius 3 is 2.53 bits per heavy atom. The molecule has 0 radical (unpaired) electrons. The van der Waals surface area contributed by atoms with E-state index >= 15 is 0 Å². The lowest BCUT2D eigenvalue weighted by molar-refractivity contribution is 0.601. The summed E-state index contributed by atoms with van der Waals surface area (Å²) in [6.45, 7) is 0. The van der Waals surface area contributed by atoms with Crippen LogP contribution in [0.5, 0.6) is 0 Å². The Morgan fingerprint density at radius 2 is 1.89 bits per heavy atom. The van der Waals surface area contributed by atoms with Gasteiger partial charge in [-0.2, -0.15) is 4.98 Å². The molecule has 0 unspecified atom stereocenters. The fourth-order valence-corrected chi connectivity index (χ4v) is 2.54. The van der Waals surface area contributed by atoms with E-state index in [1.807, 2.05) is 6.07 Å². The largest absolute Gasteiger partial charge is 0.384 e. The molecule has 2 aromatic rings. The summed E-state index contributed by atoms with van der Waals surface area (Å²) >= 11 is 0. The van der Waals surface area contributed by atoms with Gasteiger partial charge in [0, 0.05) is 17.9 Å². The van der Waals surface area contributed by atoms with Crippen molar-refractivity contribution < 1.29 is 8.42 Å². The number of anilines is 2. The van der Waals surface area contributed by atoms with E-state index in [1.165, 1.54) is 6.26 Å². The van der Waals surface area contributed by atoms with Crippen LogP contribution in [0.3, 0.4) is 0 Å². The molecule has 1 aromatic carbocycles. The predicted molar refractivity (Wildman–Crippen MR) is 74.8 cm³/mol. The average molecular weight is 278 g/mol. The molecule has 1 heterocycles. The van der Waals surface area contributed by atoms with Crippen LogP contribution in [-0.4, -0.2) is 24.6 Å². The van der Waals surface area contributed by atoms with Gasteiger partial charge in [0.25, 0.3) is 0 Å². The zero-order valence-corrected chi connectivity index (χ0v) is 11.2. The number of rotatable bonds is 3. The van der Waals surface area contributed by atoms with Crippen LogP contribution in [0.1, 0.15) is 5.56 Å². The van der Waals surface area contributed by atoms with E-state index < -0.39 is 9.84 Å². The number of hydrogen-bond donors (Lipinski definition) is 2. The van der Waals surface area contributed by atoms with Crippen molar-refractivity contribution in [3.63, 3.8) is 0 Å². The second kappa shape index (κ2) is 4.85. The first-order valence-electron chi connectivity index (χ1n) is 5.50. The average Bonchev–Trinajstić information content (AvgIpc) is 2.25. The van der Waals surface area contributed by atoms with Crippen LogP contribution in [0.2, 0.25) is 0 Å². The summed E-state index contributed by atoms with van der Waals surface area (Å²) in [5, 5.41) is 0. The molecule has 0 aliphatic heterocycles. The Balaban J connectivity index is 2.43. The maximum atomic E-state index is 11.3. The molecule has 0 aliphatic rings. The number of aromatic nitrogens is 2. The molecule has 0 amide bonds. The molecule has 100 valence electrons. The van der Waals surface area contributed by atoms with Crippen LogP contribution in [0.4, 0.5) is 11.8 Å². The molecule has 6 nitrogen and oxygen atoms in total. The van der Waals surface area contributed by atoms with Gasteiger partial charge in [0.05, 0.1) is 11.4 Å². The van der Waals surface area contributed by atoms with Gasteiger partial charge in [0.2, 0.25) is 5.95 Å². The number of nitrogens with zero attached hydrogens (tertiary/aromatic N) is 2. The third-order valence-electron chi connectivity index (χ3n) is 2.41. The van der Waals surface area contributed by atoms with Crippen molar-refractivity contribution >= 4 is 21.6 Å². The predicted octanol–water partition coefficient (Wildman–Crippen LogP) is 0.853. The van der Waals surface area contributed by atoms with Crippen LogP contribution < -0.4 is 11.5 Å². The first-order valence-corrected chi connectivity index (χ1v) is 7.56. The van der Waals surface area contributed by atoms with Gasteiger partial charge < -0.3 is 11.5 Å². The molecule has 2 rings (SSSR count). The summed E-state index contributed by atoms with van der Waals surface area (Å²) < 4.78 is 22.6. The van der Waals surface area contributed by atoms with E-state index in [1.54, 1.807) is 24.3 Å². The summed E-state index contributed by atoms with van der Waals surface area (Å²) in [6.07, 6.45) is 1.19. The van der Waals surface area contributed by atoms with Crippen molar-refractivity contribution in [1.29, 1.82) is 0 Å². The Hall–Kier alpha value is -2.15. The highest BCUT2D eigenvalue weighted by atomic mass is 32.2. The molecule has 0 fully saturated rings. The van der Waals surface area contributed by atoms with Crippen molar-refractivity contribution in [2.75, 3.05) is 17.7 Å². The second-order valence-corrected chi connectivity index (χ2v) is 6.45. The highest BCUT2D eigenvalue weighted by Crippen LogP contribution is 2.21. The fourth-order valence-electron chi connectivity index (χ4n) is 1.76. The van der Waals surface area contributed by atoms with E-state index in [0.29, 0.717) is 11.3 Å². The van der Waals surface area contributed by atoms with E-state index in [4.69, 9.17) is 11.5 Å². The first-order chi connectivity index (χ1) is 8.83. The minimum absolute atomic E-state index is 0.0170. The second-order valence-electron chi connectivity index (χ2n) is 4.31. The summed E-state index contributed by atoms with van der Waals surface area (Å²) in [4.78, 5) is 7.87. The minimum atomic E-state index is -3.07. The SMILES string of the molecule is CS(=O)(=O)Cc1cccc(-c2cc(N)nc(N)n2)c1. The van der Waals surface area contributed by atoms with E-state index in [2.05, 4.69) is 9.97 Å². The van der Waals surface area contributed by atoms with Crippen molar-refractivity contribution in [2.45, 2.75) is 5.75 Å². The fraction of sp³-hybridized carbons (Fsp3) is 0.167. The van der Waals surface area contributed by atoms with Gasteiger partial charge in [-0.25, -0.2) is 13.4 Å². The molecule has 0 aliphatic carbocycles. The molecule has 0 bridgehead atoms. The zero-order chi connectivity index (χ0) is 14.0. The molecule has 7 heteroatoms. The normalized spacial score (nSPS) is 11.4. The van der Waals surface area contributed by atoms with Gasteiger partial charge in [-0.3, -0.25) is 0 Å². The number of nitrogens with two attached hydrogens (primary N) is 2. The highest BCUT2D eigenvalue weighted by molar-refractivity contribution is 7.89. The topological polar surface area (TPSA) is 112 Å². The molecule has 4 N–H and O–H groups in total. The van der Waals surface area contributed by atoms with Crippen LogP contribution >= 0.6 is 0 Å². The highest BCUT2D eigenvalue weighted by Gasteiger charge is 2.07.